The first-order valence-corrected chi connectivity index (χ1v) is 16.2. The fourth-order valence-electron chi connectivity index (χ4n) is 7.14. The molecule has 1 aliphatic rings. The second kappa shape index (κ2) is 8.78. The van der Waals surface area contributed by atoms with Crippen LogP contribution in [0.5, 0.6) is 0 Å². The molecule has 0 bridgehead atoms. The number of fused-ring (bicyclic) bond motifs is 6. The van der Waals surface area contributed by atoms with E-state index >= 15 is 0 Å². The molecule has 0 saturated carbocycles. The highest BCUT2D eigenvalue weighted by molar-refractivity contribution is 7.26. The van der Waals surface area contributed by atoms with E-state index in [9.17, 15) is 0 Å². The Morgan fingerprint density at radius 3 is 1.98 bits per heavy atom. The summed E-state index contributed by atoms with van der Waals surface area (Å²) in [6.45, 7) is 0. The highest BCUT2D eigenvalue weighted by Crippen LogP contribution is 2.52. The Balaban J connectivity index is 1.26. The average Bonchev–Trinajstić information content (AvgIpc) is 3.60. The van der Waals surface area contributed by atoms with E-state index in [4.69, 9.17) is 0 Å². The third-order valence-corrected chi connectivity index (χ3v) is 11.2. The number of anilines is 3. The van der Waals surface area contributed by atoms with Gasteiger partial charge in [0.25, 0.3) is 0 Å². The van der Waals surface area contributed by atoms with E-state index in [-0.39, 0.29) is 0 Å². The van der Waals surface area contributed by atoms with Gasteiger partial charge in [0.1, 0.15) is 0 Å². The van der Waals surface area contributed by atoms with Crippen molar-refractivity contribution in [3.8, 4) is 22.3 Å². The van der Waals surface area contributed by atoms with Crippen molar-refractivity contribution < 1.29 is 0 Å². The van der Waals surface area contributed by atoms with E-state index in [1.165, 1.54) is 79.1 Å². The van der Waals surface area contributed by atoms with Crippen LogP contribution in [0.3, 0.4) is 0 Å². The van der Waals surface area contributed by atoms with Gasteiger partial charge in [-0.3, -0.25) is 0 Å². The van der Waals surface area contributed by atoms with Gasteiger partial charge in [0, 0.05) is 57.4 Å². The van der Waals surface area contributed by atoms with Crippen LogP contribution >= 0.6 is 22.7 Å². The van der Waals surface area contributed by atoms with Crippen molar-refractivity contribution in [3.63, 3.8) is 0 Å². The molecule has 0 amide bonds. The zero-order valence-corrected chi connectivity index (χ0v) is 24.7. The average molecular weight is 582 g/mol. The van der Waals surface area contributed by atoms with Crippen molar-refractivity contribution >= 4 is 90.9 Å². The fraction of sp³-hybridized carbons (Fsp3) is 0. The number of hydrogen-bond donors (Lipinski definition) is 0. The van der Waals surface area contributed by atoms with Gasteiger partial charge in [-0.05, 0) is 87.6 Å². The zero-order chi connectivity index (χ0) is 28.1. The summed E-state index contributed by atoms with van der Waals surface area (Å²) in [4.78, 5) is 2.41. The van der Waals surface area contributed by atoms with Crippen LogP contribution in [0.25, 0.3) is 73.4 Å². The molecule has 0 radical (unpaired) electrons. The minimum absolute atomic E-state index is 1.15. The summed E-state index contributed by atoms with van der Waals surface area (Å²) in [6.07, 6.45) is 0. The van der Waals surface area contributed by atoms with E-state index in [0.717, 1.165) is 11.4 Å². The molecule has 0 atom stereocenters. The molecule has 0 fully saturated rings. The largest absolute Gasteiger partial charge is 0.310 e. The van der Waals surface area contributed by atoms with Gasteiger partial charge in [-0.1, -0.05) is 84.9 Å². The van der Waals surface area contributed by atoms with Crippen LogP contribution < -0.4 is 4.90 Å². The standard InChI is InChI=1S/C40H23NS2/c1-2-9-25(10-3-1)41(27-18-20-30-29-11-4-5-14-34(29)42-37(30)23-27)26-17-19-28-31-13-7-15-35-39(31)40-36(43-35)21-16-24-8-6-12-32(38(24)40)33(28)22-26/h1-23H. The summed E-state index contributed by atoms with van der Waals surface area (Å²) >= 11 is 3.77. The lowest BCUT2D eigenvalue weighted by molar-refractivity contribution is 1.29. The molecule has 1 nitrogen and oxygen atoms in total. The molecule has 3 heteroatoms. The van der Waals surface area contributed by atoms with Gasteiger partial charge in [0.15, 0.2) is 0 Å². The predicted molar refractivity (Wildman–Crippen MR) is 189 cm³/mol. The number of hydrogen-bond acceptors (Lipinski definition) is 3. The Bertz CT molecular complexity index is 2570. The maximum Gasteiger partial charge on any atom is 0.0476 e. The molecule has 0 N–H and O–H groups in total. The third-order valence-electron chi connectivity index (χ3n) is 8.98. The normalized spacial score (nSPS) is 12.2. The van der Waals surface area contributed by atoms with Crippen LogP contribution in [0.15, 0.2) is 140 Å². The van der Waals surface area contributed by atoms with E-state index in [0.29, 0.717) is 0 Å². The monoisotopic (exact) mass is 581 g/mol. The van der Waals surface area contributed by atoms with Crippen molar-refractivity contribution in [3.05, 3.63) is 140 Å². The minimum Gasteiger partial charge on any atom is -0.310 e. The predicted octanol–water partition coefficient (Wildman–Crippen LogP) is 12.7. The SMILES string of the molecule is c1ccc(N(c2ccc3c(c2)-c2cccc4ccc5sc6cccc-3c6c5c24)c2ccc3c(c2)sc2ccccc23)cc1. The molecule has 2 heterocycles. The molecule has 2 aromatic heterocycles. The van der Waals surface area contributed by atoms with Gasteiger partial charge in [0.2, 0.25) is 0 Å². The summed E-state index contributed by atoms with van der Waals surface area (Å²) in [7, 11) is 0. The molecule has 9 aromatic rings. The van der Waals surface area contributed by atoms with Crippen LogP contribution in [-0.4, -0.2) is 0 Å². The molecule has 43 heavy (non-hydrogen) atoms. The quantitative estimate of drug-likeness (QED) is 0.201. The molecular formula is C40H23NS2. The number of para-hydroxylation sites is 1. The second-order valence-electron chi connectivity index (χ2n) is 11.3. The van der Waals surface area contributed by atoms with Crippen molar-refractivity contribution in [1.82, 2.24) is 0 Å². The minimum atomic E-state index is 1.15. The smallest absolute Gasteiger partial charge is 0.0476 e. The first-order valence-electron chi connectivity index (χ1n) is 14.6. The number of nitrogens with zero attached hydrogens (tertiary/aromatic N) is 1. The number of benzene rings is 7. The summed E-state index contributed by atoms with van der Waals surface area (Å²) in [5, 5.41) is 8.10. The molecule has 0 unspecified atom stereocenters. The van der Waals surface area contributed by atoms with E-state index < -0.39 is 0 Å². The van der Waals surface area contributed by atoms with Gasteiger partial charge in [-0.2, -0.15) is 0 Å². The lowest BCUT2D eigenvalue weighted by Gasteiger charge is -2.27. The van der Waals surface area contributed by atoms with E-state index in [1.807, 2.05) is 22.7 Å². The maximum absolute atomic E-state index is 2.42. The Kier molecular flexibility index (Phi) is 4.81. The molecule has 0 saturated heterocycles. The number of rotatable bonds is 3. The Morgan fingerprint density at radius 1 is 0.349 bits per heavy atom. The molecule has 200 valence electrons. The third kappa shape index (κ3) is 3.32. The Labute approximate surface area is 256 Å². The van der Waals surface area contributed by atoms with E-state index in [1.54, 1.807) is 0 Å². The first kappa shape index (κ1) is 23.6. The van der Waals surface area contributed by atoms with Crippen molar-refractivity contribution in [2.45, 2.75) is 0 Å². The Morgan fingerprint density at radius 2 is 1.05 bits per heavy atom. The van der Waals surface area contributed by atoms with Gasteiger partial charge in [-0.25, -0.2) is 0 Å². The van der Waals surface area contributed by atoms with Crippen molar-refractivity contribution in [2.75, 3.05) is 4.90 Å². The molecule has 10 rings (SSSR count). The van der Waals surface area contributed by atoms with Crippen LogP contribution in [0.1, 0.15) is 0 Å². The van der Waals surface area contributed by atoms with Gasteiger partial charge < -0.3 is 4.90 Å². The number of thiophene rings is 2. The molecular weight excluding hydrogens is 559 g/mol. The lowest BCUT2D eigenvalue weighted by Crippen LogP contribution is -2.10. The molecule has 0 aliphatic heterocycles. The summed E-state index contributed by atoms with van der Waals surface area (Å²) < 4.78 is 5.35. The highest BCUT2D eigenvalue weighted by Gasteiger charge is 2.24. The molecule has 1 aliphatic carbocycles. The van der Waals surface area contributed by atoms with Gasteiger partial charge in [0.05, 0.1) is 0 Å². The van der Waals surface area contributed by atoms with Crippen molar-refractivity contribution in [2.24, 2.45) is 0 Å². The fourth-order valence-corrected chi connectivity index (χ4v) is 9.42. The second-order valence-corrected chi connectivity index (χ2v) is 13.5. The Hall–Kier alpha value is -4.96. The summed E-state index contributed by atoms with van der Waals surface area (Å²) in [6, 6.07) is 51.7. The van der Waals surface area contributed by atoms with E-state index in [2.05, 4.69) is 144 Å². The first-order chi connectivity index (χ1) is 21.3. The maximum atomic E-state index is 2.42. The molecule has 0 spiro atoms. The van der Waals surface area contributed by atoms with Crippen LogP contribution in [0.4, 0.5) is 17.1 Å². The summed E-state index contributed by atoms with van der Waals surface area (Å²) in [5.74, 6) is 0. The van der Waals surface area contributed by atoms with Gasteiger partial charge >= 0.3 is 0 Å². The van der Waals surface area contributed by atoms with Crippen molar-refractivity contribution in [1.29, 1.82) is 0 Å². The van der Waals surface area contributed by atoms with Crippen LogP contribution in [0, 0.1) is 0 Å². The van der Waals surface area contributed by atoms with Crippen LogP contribution in [-0.2, 0) is 0 Å². The topological polar surface area (TPSA) is 3.24 Å². The zero-order valence-electron chi connectivity index (χ0n) is 23.0. The lowest BCUT2D eigenvalue weighted by atomic mass is 9.93. The summed E-state index contributed by atoms with van der Waals surface area (Å²) in [5.41, 5.74) is 8.69. The van der Waals surface area contributed by atoms with Crippen LogP contribution in [0.2, 0.25) is 0 Å². The highest BCUT2D eigenvalue weighted by atomic mass is 32.1. The van der Waals surface area contributed by atoms with Gasteiger partial charge in [-0.15, -0.1) is 22.7 Å². The molecule has 7 aromatic carbocycles.